The Bertz CT molecular complexity index is 445. The molecule has 0 aromatic carbocycles. The summed E-state index contributed by atoms with van der Waals surface area (Å²) in [6, 6.07) is 0. The highest BCUT2D eigenvalue weighted by Gasteiger charge is 2.46. The first-order chi connectivity index (χ1) is 14.6. The van der Waals surface area contributed by atoms with Gasteiger partial charge in [0.25, 0.3) is 0 Å². The van der Waals surface area contributed by atoms with Gasteiger partial charge in [-0.15, -0.1) is 0 Å². The second-order valence-electron chi connectivity index (χ2n) is 12.7. The number of hydrogen-bond donors (Lipinski definition) is 1. The van der Waals surface area contributed by atoms with E-state index in [2.05, 4.69) is 92.9 Å². The van der Waals surface area contributed by atoms with E-state index < -0.39 is 0 Å². The van der Waals surface area contributed by atoms with Crippen LogP contribution in [-0.2, 0) is 0 Å². The molecular formula is C29H61N3. The maximum atomic E-state index is 9.82. The average molecular weight is 452 g/mol. The third kappa shape index (κ3) is 8.90. The van der Waals surface area contributed by atoms with Gasteiger partial charge in [-0.25, -0.2) is 0 Å². The SMILES string of the molecule is CCCCC(C)(C)N(C(=N)N(C(C)(C)CCCC)C(C)(C)CCCC)C(C)(C)CCCC. The van der Waals surface area contributed by atoms with Gasteiger partial charge in [0.1, 0.15) is 0 Å². The van der Waals surface area contributed by atoms with Crippen LogP contribution in [0.3, 0.4) is 0 Å². The largest absolute Gasteiger partial charge is 0.333 e. The van der Waals surface area contributed by atoms with Crippen molar-refractivity contribution in [2.75, 3.05) is 0 Å². The van der Waals surface area contributed by atoms with Crippen LogP contribution < -0.4 is 0 Å². The average Bonchev–Trinajstić information content (AvgIpc) is 2.67. The van der Waals surface area contributed by atoms with Crippen LogP contribution in [0.5, 0.6) is 0 Å². The van der Waals surface area contributed by atoms with Crippen LogP contribution in [0.2, 0.25) is 0 Å². The van der Waals surface area contributed by atoms with E-state index in [1.54, 1.807) is 0 Å². The second kappa shape index (κ2) is 13.2. The van der Waals surface area contributed by atoms with Gasteiger partial charge in [-0.1, -0.05) is 79.1 Å². The molecule has 0 bridgehead atoms. The fraction of sp³-hybridized carbons (Fsp3) is 0.966. The standard InChI is InChI=1S/C29H61N3/c1-13-17-21-26(5,6)31(27(7,8)22-18-14-2)25(30)32(28(9,10)23-19-15-3)29(11,12)24-20-16-4/h30H,13-24H2,1-12H3. The zero-order valence-electron chi connectivity index (χ0n) is 24.4. The molecule has 0 aliphatic carbocycles. The summed E-state index contributed by atoms with van der Waals surface area (Å²) in [6.45, 7) is 28.1. The van der Waals surface area contributed by atoms with Crippen molar-refractivity contribution in [2.45, 2.75) is 182 Å². The molecule has 0 aliphatic rings. The highest BCUT2D eigenvalue weighted by atomic mass is 15.5. The van der Waals surface area contributed by atoms with Crippen LogP contribution in [0.25, 0.3) is 0 Å². The number of nitrogens with one attached hydrogen (secondary N) is 1. The quantitative estimate of drug-likeness (QED) is 0.187. The maximum Gasteiger partial charge on any atom is 0.195 e. The Labute approximate surface area is 203 Å². The summed E-state index contributed by atoms with van der Waals surface area (Å²) < 4.78 is 0. The molecule has 0 radical (unpaired) electrons. The highest BCUT2D eigenvalue weighted by Crippen LogP contribution is 2.39. The van der Waals surface area contributed by atoms with Crippen LogP contribution in [0.4, 0.5) is 0 Å². The van der Waals surface area contributed by atoms with Gasteiger partial charge in [0.05, 0.1) is 0 Å². The molecule has 0 unspecified atom stereocenters. The minimum atomic E-state index is -0.0513. The molecule has 0 amide bonds. The summed E-state index contributed by atoms with van der Waals surface area (Å²) in [5, 5.41) is 9.82. The number of guanidine groups is 1. The fourth-order valence-electron chi connectivity index (χ4n) is 5.77. The predicted molar refractivity (Wildman–Crippen MR) is 146 cm³/mol. The molecule has 0 saturated carbocycles. The summed E-state index contributed by atoms with van der Waals surface area (Å²) >= 11 is 0. The molecule has 32 heavy (non-hydrogen) atoms. The Morgan fingerprint density at radius 1 is 0.469 bits per heavy atom. The first-order valence-corrected chi connectivity index (χ1v) is 13.8. The molecule has 0 rings (SSSR count). The van der Waals surface area contributed by atoms with Gasteiger partial charge < -0.3 is 9.80 Å². The predicted octanol–water partition coefficient (Wildman–Crippen LogP) is 9.40. The lowest BCUT2D eigenvalue weighted by Crippen LogP contribution is -2.68. The summed E-state index contributed by atoms with van der Waals surface area (Å²) in [7, 11) is 0. The zero-order valence-corrected chi connectivity index (χ0v) is 24.4. The van der Waals surface area contributed by atoms with Crippen molar-refractivity contribution in [3.05, 3.63) is 0 Å². The van der Waals surface area contributed by atoms with Gasteiger partial charge >= 0.3 is 0 Å². The van der Waals surface area contributed by atoms with E-state index in [0.29, 0.717) is 0 Å². The van der Waals surface area contributed by atoms with Gasteiger partial charge in [0.15, 0.2) is 5.96 Å². The van der Waals surface area contributed by atoms with Crippen LogP contribution >= 0.6 is 0 Å². The first kappa shape index (κ1) is 31.3. The number of nitrogens with zero attached hydrogens (tertiary/aromatic N) is 2. The molecule has 0 aliphatic heterocycles. The molecule has 0 atom stereocenters. The Morgan fingerprint density at radius 3 is 0.812 bits per heavy atom. The van der Waals surface area contributed by atoms with Crippen molar-refractivity contribution in [2.24, 2.45) is 0 Å². The molecule has 3 nitrogen and oxygen atoms in total. The maximum absolute atomic E-state index is 9.82. The number of unbranched alkanes of at least 4 members (excludes halogenated alkanes) is 4. The van der Waals surface area contributed by atoms with Gasteiger partial charge in [-0.3, -0.25) is 5.41 Å². The number of rotatable bonds is 16. The van der Waals surface area contributed by atoms with Crippen LogP contribution in [0, 0.1) is 5.41 Å². The smallest absolute Gasteiger partial charge is 0.195 e. The van der Waals surface area contributed by atoms with E-state index in [4.69, 9.17) is 0 Å². The summed E-state index contributed by atoms with van der Waals surface area (Å²) in [5.74, 6) is 0.745. The minimum Gasteiger partial charge on any atom is -0.333 e. The van der Waals surface area contributed by atoms with Gasteiger partial charge in [0.2, 0.25) is 0 Å². The minimum absolute atomic E-state index is 0.0513. The van der Waals surface area contributed by atoms with Gasteiger partial charge in [0, 0.05) is 22.2 Å². The summed E-state index contributed by atoms with van der Waals surface area (Å²) in [6.07, 6.45) is 14.1. The Balaban J connectivity index is 6.55. The Hall–Kier alpha value is -0.730. The Morgan fingerprint density at radius 2 is 0.656 bits per heavy atom. The second-order valence-corrected chi connectivity index (χ2v) is 12.7. The Kier molecular flexibility index (Phi) is 12.9. The summed E-state index contributed by atoms with van der Waals surface area (Å²) in [4.78, 5) is 5.04. The zero-order chi connectivity index (χ0) is 25.2. The van der Waals surface area contributed by atoms with Crippen molar-refractivity contribution >= 4 is 5.96 Å². The molecule has 3 heteroatoms. The van der Waals surface area contributed by atoms with Crippen LogP contribution in [0.1, 0.15) is 160 Å². The molecule has 1 N–H and O–H groups in total. The monoisotopic (exact) mass is 451 g/mol. The molecule has 0 aromatic heterocycles. The molecule has 0 fully saturated rings. The molecule has 0 heterocycles. The lowest BCUT2D eigenvalue weighted by molar-refractivity contribution is 0.0100. The molecule has 0 aromatic rings. The topological polar surface area (TPSA) is 30.3 Å². The molecular weight excluding hydrogens is 390 g/mol. The highest BCUT2D eigenvalue weighted by molar-refractivity contribution is 5.80. The van der Waals surface area contributed by atoms with E-state index in [-0.39, 0.29) is 22.2 Å². The molecule has 0 spiro atoms. The normalized spacial score (nSPS) is 13.4. The molecule has 192 valence electrons. The van der Waals surface area contributed by atoms with E-state index >= 15 is 0 Å². The third-order valence-corrected chi connectivity index (χ3v) is 7.41. The first-order valence-electron chi connectivity index (χ1n) is 13.8. The van der Waals surface area contributed by atoms with Crippen molar-refractivity contribution in [1.82, 2.24) is 9.80 Å². The van der Waals surface area contributed by atoms with E-state index in [1.165, 1.54) is 51.4 Å². The van der Waals surface area contributed by atoms with Gasteiger partial charge in [-0.05, 0) is 81.1 Å². The third-order valence-electron chi connectivity index (χ3n) is 7.41. The lowest BCUT2D eigenvalue weighted by Gasteiger charge is -2.58. The van der Waals surface area contributed by atoms with Crippen LogP contribution in [0.15, 0.2) is 0 Å². The lowest BCUT2D eigenvalue weighted by atomic mass is 9.83. The van der Waals surface area contributed by atoms with Crippen molar-refractivity contribution in [3.8, 4) is 0 Å². The van der Waals surface area contributed by atoms with Crippen molar-refractivity contribution < 1.29 is 0 Å². The van der Waals surface area contributed by atoms with E-state index in [1.807, 2.05) is 0 Å². The van der Waals surface area contributed by atoms with Crippen molar-refractivity contribution in [3.63, 3.8) is 0 Å². The number of hydrogen-bond acceptors (Lipinski definition) is 1. The molecule has 0 saturated heterocycles. The summed E-state index contributed by atoms with van der Waals surface area (Å²) in [5.41, 5.74) is -0.205. The van der Waals surface area contributed by atoms with Crippen molar-refractivity contribution in [1.29, 1.82) is 5.41 Å². The van der Waals surface area contributed by atoms with Gasteiger partial charge in [-0.2, -0.15) is 0 Å². The fourth-order valence-corrected chi connectivity index (χ4v) is 5.77. The van der Waals surface area contributed by atoms with E-state index in [9.17, 15) is 5.41 Å². The van der Waals surface area contributed by atoms with E-state index in [0.717, 1.165) is 31.6 Å². The van der Waals surface area contributed by atoms with Crippen LogP contribution in [-0.4, -0.2) is 37.9 Å².